The van der Waals surface area contributed by atoms with Crippen LogP contribution in [0.15, 0.2) is 0 Å². The van der Waals surface area contributed by atoms with E-state index in [0.29, 0.717) is 17.1 Å². The van der Waals surface area contributed by atoms with Crippen LogP contribution in [0.25, 0.3) is 0 Å². The van der Waals surface area contributed by atoms with Crippen LogP contribution in [-0.2, 0) is 4.79 Å². The zero-order valence-electron chi connectivity index (χ0n) is 13.6. The summed E-state index contributed by atoms with van der Waals surface area (Å²) in [5.74, 6) is 3.51. The van der Waals surface area contributed by atoms with Crippen molar-refractivity contribution in [2.45, 2.75) is 77.7 Å². The maximum atomic E-state index is 12.1. The average molecular weight is 290 g/mol. The molecule has 0 aromatic rings. The molecule has 0 aromatic heterocycles. The van der Waals surface area contributed by atoms with Crippen molar-refractivity contribution in [2.24, 2.45) is 34.5 Å². The number of Topliss-reactive ketones (excluding diaryl/α,β-unsaturated/α-hetero) is 1. The number of carbonyl (C=O) groups excluding carboxylic acids is 1. The fourth-order valence-corrected chi connectivity index (χ4v) is 7.15. The summed E-state index contributed by atoms with van der Waals surface area (Å²) in [6.07, 6.45) is 10.0. The van der Waals surface area contributed by atoms with Crippen LogP contribution in [0.1, 0.15) is 71.6 Å². The fourth-order valence-electron chi connectivity index (χ4n) is 7.15. The summed E-state index contributed by atoms with van der Waals surface area (Å²) < 4.78 is 0. The molecule has 0 radical (unpaired) electrons. The van der Waals surface area contributed by atoms with E-state index in [1.54, 1.807) is 0 Å². The van der Waals surface area contributed by atoms with Gasteiger partial charge in [-0.15, -0.1) is 0 Å². The molecule has 2 nitrogen and oxygen atoms in total. The van der Waals surface area contributed by atoms with Gasteiger partial charge in [0.2, 0.25) is 0 Å². The van der Waals surface area contributed by atoms with Crippen LogP contribution in [-0.4, -0.2) is 17.0 Å². The van der Waals surface area contributed by atoms with Crippen molar-refractivity contribution in [1.29, 1.82) is 0 Å². The van der Waals surface area contributed by atoms with Gasteiger partial charge >= 0.3 is 0 Å². The normalized spacial score (nSPS) is 56.5. The monoisotopic (exact) mass is 290 g/mol. The van der Waals surface area contributed by atoms with E-state index in [9.17, 15) is 9.90 Å². The molecule has 4 saturated carbocycles. The highest BCUT2D eigenvalue weighted by atomic mass is 16.3. The van der Waals surface area contributed by atoms with Crippen LogP contribution in [0.4, 0.5) is 0 Å². The first-order valence-corrected chi connectivity index (χ1v) is 9.12. The largest absolute Gasteiger partial charge is 0.393 e. The molecule has 1 N–H and O–H groups in total. The maximum absolute atomic E-state index is 12.1. The second kappa shape index (κ2) is 4.57. The molecule has 4 aliphatic rings. The van der Waals surface area contributed by atoms with Crippen molar-refractivity contribution >= 4 is 5.78 Å². The third-order valence-electron chi connectivity index (χ3n) is 8.16. The number of hydrogen-bond donors (Lipinski definition) is 1. The third-order valence-corrected chi connectivity index (χ3v) is 8.16. The molecule has 4 rings (SSSR count). The molecule has 7 atom stereocenters. The lowest BCUT2D eigenvalue weighted by molar-refractivity contribution is -0.139. The molecule has 21 heavy (non-hydrogen) atoms. The first-order chi connectivity index (χ1) is 9.92. The van der Waals surface area contributed by atoms with Gasteiger partial charge in [0, 0.05) is 12.8 Å². The Balaban J connectivity index is 1.65. The number of rotatable bonds is 0. The van der Waals surface area contributed by atoms with Crippen molar-refractivity contribution in [2.75, 3.05) is 0 Å². The summed E-state index contributed by atoms with van der Waals surface area (Å²) in [4.78, 5) is 12.1. The Morgan fingerprint density at radius 1 is 1.10 bits per heavy atom. The summed E-state index contributed by atoms with van der Waals surface area (Å²) in [5, 5.41) is 10.2. The van der Waals surface area contributed by atoms with Crippen LogP contribution in [0.3, 0.4) is 0 Å². The molecular weight excluding hydrogens is 260 g/mol. The molecule has 0 heterocycles. The summed E-state index contributed by atoms with van der Waals surface area (Å²) >= 11 is 0. The average Bonchev–Trinajstić information content (AvgIpc) is 2.72. The minimum absolute atomic E-state index is 0.0720. The zero-order valence-corrected chi connectivity index (χ0v) is 13.6. The molecule has 0 bridgehead atoms. The van der Waals surface area contributed by atoms with E-state index < -0.39 is 0 Å². The van der Waals surface area contributed by atoms with Gasteiger partial charge in [-0.1, -0.05) is 13.8 Å². The Bertz CT molecular complexity index is 458. The number of aliphatic hydroxyl groups is 1. The Hall–Kier alpha value is -0.370. The van der Waals surface area contributed by atoms with Crippen molar-refractivity contribution in [3.8, 4) is 0 Å². The van der Waals surface area contributed by atoms with Crippen LogP contribution in [0.5, 0.6) is 0 Å². The van der Waals surface area contributed by atoms with Crippen molar-refractivity contribution < 1.29 is 9.90 Å². The van der Waals surface area contributed by atoms with Gasteiger partial charge in [-0.2, -0.15) is 0 Å². The highest BCUT2D eigenvalue weighted by molar-refractivity contribution is 5.80. The van der Waals surface area contributed by atoms with Gasteiger partial charge in [0.05, 0.1) is 6.10 Å². The van der Waals surface area contributed by atoms with Gasteiger partial charge in [0.15, 0.2) is 0 Å². The Labute approximate surface area is 128 Å². The van der Waals surface area contributed by atoms with Crippen LogP contribution < -0.4 is 0 Å². The van der Waals surface area contributed by atoms with Gasteiger partial charge in [0.25, 0.3) is 0 Å². The molecular formula is C19H30O2. The van der Waals surface area contributed by atoms with E-state index in [0.717, 1.165) is 49.9 Å². The minimum atomic E-state index is -0.0720. The van der Waals surface area contributed by atoms with Gasteiger partial charge in [-0.3, -0.25) is 4.79 Å². The Morgan fingerprint density at radius 3 is 2.71 bits per heavy atom. The lowest BCUT2D eigenvalue weighted by Crippen LogP contribution is -2.53. The second-order valence-electron chi connectivity index (χ2n) is 9.20. The molecule has 0 aliphatic heterocycles. The summed E-state index contributed by atoms with van der Waals surface area (Å²) in [7, 11) is 0. The van der Waals surface area contributed by atoms with Gasteiger partial charge in [-0.05, 0) is 79.4 Å². The smallest absolute Gasteiger partial charge is 0.133 e. The first-order valence-electron chi connectivity index (χ1n) is 9.12. The molecule has 0 aromatic carbocycles. The number of aliphatic hydroxyl groups excluding tert-OH is 1. The van der Waals surface area contributed by atoms with Crippen molar-refractivity contribution in [3.63, 3.8) is 0 Å². The predicted octanol–water partition coefficient (Wildman–Crippen LogP) is 3.96. The van der Waals surface area contributed by atoms with Crippen molar-refractivity contribution in [1.82, 2.24) is 0 Å². The van der Waals surface area contributed by atoms with Crippen LogP contribution in [0.2, 0.25) is 0 Å². The van der Waals surface area contributed by atoms with E-state index in [4.69, 9.17) is 0 Å². The highest BCUT2D eigenvalue weighted by Gasteiger charge is 2.59. The molecule has 0 spiro atoms. The maximum Gasteiger partial charge on any atom is 0.133 e. The predicted molar refractivity (Wildman–Crippen MR) is 82.7 cm³/mol. The lowest BCUT2D eigenvalue weighted by atomic mass is 9.45. The molecule has 0 saturated heterocycles. The quantitative estimate of drug-likeness (QED) is 0.733. The highest BCUT2D eigenvalue weighted by Crippen LogP contribution is 2.65. The number of fused-ring (bicyclic) bond motifs is 5. The molecule has 4 fully saturated rings. The van der Waals surface area contributed by atoms with Gasteiger partial charge in [0.1, 0.15) is 5.78 Å². The third kappa shape index (κ3) is 1.97. The summed E-state index contributed by atoms with van der Waals surface area (Å²) in [6, 6.07) is 0. The second-order valence-corrected chi connectivity index (χ2v) is 9.20. The van der Waals surface area contributed by atoms with E-state index in [2.05, 4.69) is 13.8 Å². The minimum Gasteiger partial charge on any atom is -0.393 e. The van der Waals surface area contributed by atoms with E-state index >= 15 is 0 Å². The zero-order chi connectivity index (χ0) is 14.8. The lowest BCUT2D eigenvalue weighted by Gasteiger charge is -2.59. The number of carbonyl (C=O) groups is 1. The molecule has 118 valence electrons. The van der Waals surface area contributed by atoms with Gasteiger partial charge < -0.3 is 5.11 Å². The SMILES string of the molecule is C[C@]12CC[C@@H]3[C@@H](CCC4CCC(=O)C[C@@]43C)[C@@H]1CC(O)C2. The van der Waals surface area contributed by atoms with Crippen molar-refractivity contribution in [3.05, 3.63) is 0 Å². The number of ketones is 1. The number of hydrogen-bond acceptors (Lipinski definition) is 2. The standard InChI is InChI=1S/C19H30O2/c1-18-8-7-16-15(17(18)9-14(21)10-18)6-4-12-3-5-13(20)11-19(12,16)2/h12,14-17,21H,3-11H2,1-2H3/t12?,14?,15-,16-,17+,18-,19+/m1/s1. The molecule has 2 unspecified atom stereocenters. The van der Waals surface area contributed by atoms with E-state index in [1.807, 2.05) is 0 Å². The van der Waals surface area contributed by atoms with Crippen LogP contribution in [0, 0.1) is 34.5 Å². The Morgan fingerprint density at radius 2 is 1.90 bits per heavy atom. The molecule has 0 amide bonds. The van der Waals surface area contributed by atoms with E-state index in [1.165, 1.54) is 25.7 Å². The molecule has 4 aliphatic carbocycles. The topological polar surface area (TPSA) is 37.3 Å². The van der Waals surface area contributed by atoms with Crippen LogP contribution >= 0.6 is 0 Å². The fraction of sp³-hybridized carbons (Fsp3) is 0.947. The summed E-state index contributed by atoms with van der Waals surface area (Å²) in [5.41, 5.74) is 0.648. The Kier molecular flexibility index (Phi) is 3.10. The van der Waals surface area contributed by atoms with Gasteiger partial charge in [-0.25, -0.2) is 0 Å². The van der Waals surface area contributed by atoms with E-state index in [-0.39, 0.29) is 11.5 Å². The first kappa shape index (κ1) is 14.2. The molecule has 2 heteroatoms. The summed E-state index contributed by atoms with van der Waals surface area (Å²) in [6.45, 7) is 4.85.